The molecular formula is C17H25ClN4S. The van der Waals surface area contributed by atoms with Gasteiger partial charge in [-0.3, -0.25) is 4.99 Å². The minimum Gasteiger partial charge on any atom is -0.355 e. The fraction of sp³-hybridized carbons (Fsp3) is 0.471. The summed E-state index contributed by atoms with van der Waals surface area (Å²) >= 11 is 7.85. The Morgan fingerprint density at radius 2 is 2.22 bits per heavy atom. The quantitative estimate of drug-likeness (QED) is 0.657. The molecule has 0 aromatic carbocycles. The van der Waals surface area contributed by atoms with Gasteiger partial charge in [0.15, 0.2) is 5.96 Å². The Bertz CT molecular complexity index is 658. The Balaban J connectivity index is 1.98. The van der Waals surface area contributed by atoms with Crippen molar-refractivity contribution in [3.63, 3.8) is 0 Å². The molecule has 0 aliphatic carbocycles. The van der Waals surface area contributed by atoms with Crippen LogP contribution in [0.25, 0.3) is 0 Å². The first-order chi connectivity index (χ1) is 10.8. The highest BCUT2D eigenvalue weighted by molar-refractivity contribution is 7.10. The number of halogens is 1. The summed E-state index contributed by atoms with van der Waals surface area (Å²) in [7, 11) is 5.86. The van der Waals surface area contributed by atoms with Gasteiger partial charge in [-0.05, 0) is 17.5 Å². The van der Waals surface area contributed by atoms with E-state index in [1.54, 1.807) is 11.3 Å². The van der Waals surface area contributed by atoms with Gasteiger partial charge in [-0.2, -0.15) is 0 Å². The molecule has 0 fully saturated rings. The molecule has 0 spiro atoms. The predicted molar refractivity (Wildman–Crippen MR) is 101 cm³/mol. The summed E-state index contributed by atoms with van der Waals surface area (Å²) in [5.41, 5.74) is 1.22. The minimum atomic E-state index is 0.0687. The Hall–Kier alpha value is -1.46. The molecule has 0 amide bonds. The Morgan fingerprint density at radius 1 is 1.48 bits per heavy atom. The van der Waals surface area contributed by atoms with Crippen LogP contribution in [0, 0.1) is 0 Å². The van der Waals surface area contributed by atoms with Crippen molar-refractivity contribution in [1.29, 1.82) is 0 Å². The predicted octanol–water partition coefficient (Wildman–Crippen LogP) is 3.73. The van der Waals surface area contributed by atoms with Gasteiger partial charge in [0.05, 0.1) is 11.6 Å². The van der Waals surface area contributed by atoms with Crippen molar-refractivity contribution >= 4 is 28.9 Å². The molecule has 2 heterocycles. The third-order valence-corrected chi connectivity index (χ3v) is 5.37. The highest BCUT2D eigenvalue weighted by Crippen LogP contribution is 2.26. The number of aromatic nitrogens is 1. The van der Waals surface area contributed by atoms with E-state index >= 15 is 0 Å². The summed E-state index contributed by atoms with van der Waals surface area (Å²) < 4.78 is 2.04. The van der Waals surface area contributed by atoms with E-state index in [-0.39, 0.29) is 5.41 Å². The largest absolute Gasteiger partial charge is 0.355 e. The third kappa shape index (κ3) is 4.52. The molecule has 6 heteroatoms. The van der Waals surface area contributed by atoms with E-state index < -0.39 is 0 Å². The molecule has 0 aliphatic heterocycles. The van der Waals surface area contributed by atoms with Crippen molar-refractivity contribution in [3.05, 3.63) is 45.4 Å². The third-order valence-electron chi connectivity index (χ3n) is 3.92. The van der Waals surface area contributed by atoms with E-state index in [1.165, 1.54) is 4.88 Å². The summed E-state index contributed by atoms with van der Waals surface area (Å²) in [6.07, 6.45) is 1.92. The fourth-order valence-electron chi connectivity index (χ4n) is 2.48. The number of aliphatic imine (C=N–C) groups is 1. The average molecular weight is 353 g/mol. The Morgan fingerprint density at radius 3 is 2.74 bits per heavy atom. The SMILES string of the molecule is CN=C(NCC(C)(C)c1cccs1)N(C)Cc1cc(Cl)cn1C. The number of hydrogen-bond donors (Lipinski definition) is 1. The molecule has 0 atom stereocenters. The van der Waals surface area contributed by atoms with Crippen LogP contribution in [0.3, 0.4) is 0 Å². The van der Waals surface area contributed by atoms with E-state index in [9.17, 15) is 0 Å². The molecule has 2 aromatic rings. The molecule has 0 radical (unpaired) electrons. The van der Waals surface area contributed by atoms with Gasteiger partial charge in [0.1, 0.15) is 0 Å². The lowest BCUT2D eigenvalue weighted by atomic mass is 9.91. The van der Waals surface area contributed by atoms with Crippen LogP contribution >= 0.6 is 22.9 Å². The number of rotatable bonds is 5. The van der Waals surface area contributed by atoms with Crippen LogP contribution in [0.4, 0.5) is 0 Å². The van der Waals surface area contributed by atoms with Crippen LogP contribution in [0.15, 0.2) is 34.8 Å². The zero-order valence-electron chi connectivity index (χ0n) is 14.4. The van der Waals surface area contributed by atoms with Gasteiger partial charge in [-0.1, -0.05) is 31.5 Å². The van der Waals surface area contributed by atoms with Crippen molar-refractivity contribution in [2.45, 2.75) is 25.8 Å². The van der Waals surface area contributed by atoms with E-state index in [0.29, 0.717) is 0 Å². The van der Waals surface area contributed by atoms with Crippen molar-refractivity contribution in [2.75, 3.05) is 20.6 Å². The monoisotopic (exact) mass is 352 g/mol. The molecule has 4 nitrogen and oxygen atoms in total. The molecule has 23 heavy (non-hydrogen) atoms. The van der Waals surface area contributed by atoms with Gasteiger partial charge in [0.25, 0.3) is 0 Å². The van der Waals surface area contributed by atoms with E-state index in [2.05, 4.69) is 46.6 Å². The number of hydrogen-bond acceptors (Lipinski definition) is 2. The number of thiophene rings is 1. The lowest BCUT2D eigenvalue weighted by Gasteiger charge is -2.28. The van der Waals surface area contributed by atoms with Crippen LogP contribution < -0.4 is 5.32 Å². The van der Waals surface area contributed by atoms with Crippen LogP contribution in [-0.2, 0) is 19.0 Å². The van der Waals surface area contributed by atoms with Crippen molar-refractivity contribution < 1.29 is 0 Å². The zero-order chi connectivity index (χ0) is 17.0. The summed E-state index contributed by atoms with van der Waals surface area (Å²) in [6.45, 7) is 6.08. The van der Waals surface area contributed by atoms with E-state index in [0.717, 1.165) is 29.8 Å². The topological polar surface area (TPSA) is 32.6 Å². The maximum Gasteiger partial charge on any atom is 0.193 e. The normalized spacial score (nSPS) is 12.5. The average Bonchev–Trinajstić information content (AvgIpc) is 3.10. The van der Waals surface area contributed by atoms with Crippen molar-refractivity contribution in [1.82, 2.24) is 14.8 Å². The molecule has 1 N–H and O–H groups in total. The molecule has 126 valence electrons. The molecule has 0 unspecified atom stereocenters. The van der Waals surface area contributed by atoms with Crippen molar-refractivity contribution in [3.8, 4) is 0 Å². The first-order valence-electron chi connectivity index (χ1n) is 7.60. The molecule has 0 saturated heterocycles. The first kappa shape index (κ1) is 17.9. The zero-order valence-corrected chi connectivity index (χ0v) is 16.0. The van der Waals surface area contributed by atoms with Crippen molar-refractivity contribution in [2.24, 2.45) is 12.0 Å². The van der Waals surface area contributed by atoms with E-state index in [4.69, 9.17) is 11.6 Å². The highest BCUT2D eigenvalue weighted by Gasteiger charge is 2.22. The van der Waals surface area contributed by atoms with Gasteiger partial charge in [-0.15, -0.1) is 11.3 Å². The maximum absolute atomic E-state index is 6.06. The van der Waals surface area contributed by atoms with Crippen LogP contribution in [0.2, 0.25) is 5.02 Å². The standard InChI is InChI=1S/C17H25ClN4S/c1-17(2,15-7-6-8-23-15)12-20-16(19-3)22(5)11-14-9-13(18)10-21(14)4/h6-10H,11-12H2,1-5H3,(H,19,20). The van der Waals surface area contributed by atoms with Gasteiger partial charge in [0.2, 0.25) is 0 Å². The molecule has 2 rings (SSSR count). The summed E-state index contributed by atoms with van der Waals surface area (Å²) in [5.74, 6) is 0.881. The molecule has 0 saturated carbocycles. The van der Waals surface area contributed by atoms with Crippen LogP contribution in [-0.4, -0.2) is 36.1 Å². The summed E-state index contributed by atoms with van der Waals surface area (Å²) in [4.78, 5) is 7.88. The molecule has 0 aliphatic rings. The molecular weight excluding hydrogens is 328 g/mol. The second-order valence-electron chi connectivity index (χ2n) is 6.38. The number of nitrogens with one attached hydrogen (secondary N) is 1. The number of nitrogens with zero attached hydrogens (tertiary/aromatic N) is 3. The summed E-state index contributed by atoms with van der Waals surface area (Å²) in [5, 5.41) is 6.37. The number of aryl methyl sites for hydroxylation is 1. The summed E-state index contributed by atoms with van der Waals surface area (Å²) in [6, 6.07) is 6.27. The highest BCUT2D eigenvalue weighted by atomic mass is 35.5. The minimum absolute atomic E-state index is 0.0687. The van der Waals surface area contributed by atoms with Gasteiger partial charge >= 0.3 is 0 Å². The lowest BCUT2D eigenvalue weighted by molar-refractivity contribution is 0.442. The van der Waals surface area contributed by atoms with Gasteiger partial charge in [0, 0.05) is 49.9 Å². The Kier molecular flexibility index (Phi) is 5.76. The number of guanidine groups is 1. The smallest absolute Gasteiger partial charge is 0.193 e. The van der Waals surface area contributed by atoms with Crippen LogP contribution in [0.5, 0.6) is 0 Å². The molecule has 0 bridgehead atoms. The van der Waals surface area contributed by atoms with Crippen LogP contribution in [0.1, 0.15) is 24.4 Å². The Labute approximate surface area is 147 Å². The maximum atomic E-state index is 6.06. The second-order valence-corrected chi connectivity index (χ2v) is 7.76. The second kappa shape index (κ2) is 7.41. The first-order valence-corrected chi connectivity index (χ1v) is 8.86. The van der Waals surface area contributed by atoms with Gasteiger partial charge < -0.3 is 14.8 Å². The van der Waals surface area contributed by atoms with E-state index in [1.807, 2.05) is 38.0 Å². The molecule has 2 aromatic heterocycles. The van der Waals surface area contributed by atoms with Gasteiger partial charge in [-0.25, -0.2) is 0 Å². The lowest BCUT2D eigenvalue weighted by Crippen LogP contribution is -2.44. The fourth-order valence-corrected chi connectivity index (χ4v) is 3.60.